The van der Waals surface area contributed by atoms with Crippen LogP contribution in [0.4, 0.5) is 0 Å². The van der Waals surface area contributed by atoms with Crippen molar-refractivity contribution < 1.29 is 14.3 Å². The lowest BCUT2D eigenvalue weighted by Gasteiger charge is -2.37. The monoisotopic (exact) mass is 304 g/mol. The fraction of sp³-hybridized carbons (Fsp3) is 0.588. The van der Waals surface area contributed by atoms with Crippen LogP contribution in [0.1, 0.15) is 30.1 Å². The zero-order valence-corrected chi connectivity index (χ0v) is 13.4. The smallest absolute Gasteiger partial charge is 0.170 e. The number of methoxy groups -OCH3 is 1. The van der Waals surface area contributed by atoms with Crippen LogP contribution in [0.2, 0.25) is 0 Å². The molecule has 22 heavy (non-hydrogen) atoms. The van der Waals surface area contributed by atoms with Crippen molar-refractivity contribution in [3.05, 3.63) is 23.8 Å². The summed E-state index contributed by atoms with van der Waals surface area (Å²) in [4.78, 5) is 14.8. The number of carbonyl (C=O) groups excluding carboxylic acids is 1. The number of fused-ring (bicyclic) bond motifs is 1. The van der Waals surface area contributed by atoms with E-state index in [0.717, 1.165) is 44.9 Å². The molecule has 2 aliphatic heterocycles. The van der Waals surface area contributed by atoms with Crippen molar-refractivity contribution in [3.63, 3.8) is 0 Å². The molecule has 3 rings (SSSR count). The predicted octanol–water partition coefficient (Wildman–Crippen LogP) is 1.71. The largest absolute Gasteiger partial charge is 0.497 e. The highest BCUT2D eigenvalue weighted by Gasteiger charge is 2.36. The van der Waals surface area contributed by atoms with Gasteiger partial charge in [-0.3, -0.25) is 4.79 Å². The molecule has 0 saturated carbocycles. The van der Waals surface area contributed by atoms with E-state index >= 15 is 0 Å². The van der Waals surface area contributed by atoms with Gasteiger partial charge in [0.15, 0.2) is 5.78 Å². The van der Waals surface area contributed by atoms with Crippen molar-refractivity contribution in [1.82, 2.24) is 10.2 Å². The van der Waals surface area contributed by atoms with E-state index in [1.807, 2.05) is 19.1 Å². The van der Waals surface area contributed by atoms with Crippen molar-refractivity contribution in [2.45, 2.75) is 25.4 Å². The first-order valence-corrected chi connectivity index (χ1v) is 7.93. The zero-order valence-electron chi connectivity index (χ0n) is 13.4. The molecule has 1 N–H and O–H groups in total. The molecular formula is C17H24N2O3. The first-order valence-electron chi connectivity index (χ1n) is 7.93. The van der Waals surface area contributed by atoms with Crippen LogP contribution in [0.5, 0.6) is 11.5 Å². The van der Waals surface area contributed by atoms with Crippen molar-refractivity contribution in [3.8, 4) is 11.5 Å². The van der Waals surface area contributed by atoms with Crippen LogP contribution in [0, 0.1) is 0 Å². The van der Waals surface area contributed by atoms with E-state index in [9.17, 15) is 4.79 Å². The SMILES string of the molecule is COc1ccc2c(c1)OC(C)(CCN1CCNCC1)CC2=O. The number of ether oxygens (including phenoxy) is 2. The number of piperazine rings is 1. The Morgan fingerprint density at radius 3 is 2.86 bits per heavy atom. The molecular weight excluding hydrogens is 280 g/mol. The third kappa shape index (κ3) is 3.25. The van der Waals surface area contributed by atoms with Crippen LogP contribution in [0.25, 0.3) is 0 Å². The van der Waals surface area contributed by atoms with E-state index in [4.69, 9.17) is 9.47 Å². The minimum atomic E-state index is -0.429. The summed E-state index contributed by atoms with van der Waals surface area (Å²) < 4.78 is 11.4. The highest BCUT2D eigenvalue weighted by molar-refractivity contribution is 6.00. The normalized spacial score (nSPS) is 25.5. The molecule has 5 nitrogen and oxygen atoms in total. The van der Waals surface area contributed by atoms with Gasteiger partial charge in [0.25, 0.3) is 0 Å². The maximum absolute atomic E-state index is 12.4. The summed E-state index contributed by atoms with van der Waals surface area (Å²) in [6, 6.07) is 5.42. The lowest BCUT2D eigenvalue weighted by atomic mass is 9.88. The average molecular weight is 304 g/mol. The van der Waals surface area contributed by atoms with Gasteiger partial charge in [0.05, 0.1) is 19.1 Å². The fourth-order valence-corrected chi connectivity index (χ4v) is 3.15. The Bertz CT molecular complexity index is 555. The molecule has 0 radical (unpaired) electrons. The first kappa shape index (κ1) is 15.3. The van der Waals surface area contributed by atoms with Crippen LogP contribution in [0.15, 0.2) is 18.2 Å². The maximum Gasteiger partial charge on any atom is 0.170 e. The highest BCUT2D eigenvalue weighted by atomic mass is 16.5. The van der Waals surface area contributed by atoms with Gasteiger partial charge in [0.2, 0.25) is 0 Å². The Labute approximate surface area is 131 Å². The molecule has 120 valence electrons. The Morgan fingerprint density at radius 2 is 2.14 bits per heavy atom. The van der Waals surface area contributed by atoms with Crippen molar-refractivity contribution in [2.24, 2.45) is 0 Å². The lowest BCUT2D eigenvalue weighted by Crippen LogP contribution is -2.47. The second-order valence-electron chi connectivity index (χ2n) is 6.36. The van der Waals surface area contributed by atoms with Crippen LogP contribution < -0.4 is 14.8 Å². The zero-order chi connectivity index (χ0) is 15.6. The van der Waals surface area contributed by atoms with E-state index in [2.05, 4.69) is 10.2 Å². The quantitative estimate of drug-likeness (QED) is 0.918. The number of hydrogen-bond acceptors (Lipinski definition) is 5. The number of carbonyl (C=O) groups is 1. The number of nitrogens with zero attached hydrogens (tertiary/aromatic N) is 1. The van der Waals surface area contributed by atoms with E-state index in [0.29, 0.717) is 17.7 Å². The standard InChI is InChI=1S/C17H24N2O3/c1-17(5-8-19-9-6-18-7-10-19)12-15(20)14-4-3-13(21-2)11-16(14)22-17/h3-4,11,18H,5-10,12H2,1-2H3. The Balaban J connectivity index is 1.70. The number of hydrogen-bond donors (Lipinski definition) is 1. The molecule has 0 bridgehead atoms. The highest BCUT2D eigenvalue weighted by Crippen LogP contribution is 2.37. The number of Topliss-reactive ketones (excluding diaryl/α,β-unsaturated/α-hetero) is 1. The molecule has 1 fully saturated rings. The molecule has 0 aromatic heterocycles. The van der Waals surface area contributed by atoms with E-state index < -0.39 is 5.60 Å². The van der Waals surface area contributed by atoms with Crippen LogP contribution in [-0.4, -0.2) is 56.1 Å². The summed E-state index contributed by atoms with van der Waals surface area (Å²) in [6.45, 7) is 7.20. The molecule has 1 unspecified atom stereocenters. The van der Waals surface area contributed by atoms with Gasteiger partial charge in [-0.05, 0) is 25.5 Å². The molecule has 5 heteroatoms. The molecule has 2 aliphatic rings. The summed E-state index contributed by atoms with van der Waals surface area (Å²) in [5.41, 5.74) is 0.238. The summed E-state index contributed by atoms with van der Waals surface area (Å²) >= 11 is 0. The van der Waals surface area contributed by atoms with Gasteiger partial charge in [-0.1, -0.05) is 0 Å². The predicted molar refractivity (Wildman–Crippen MR) is 84.9 cm³/mol. The van der Waals surface area contributed by atoms with E-state index in [-0.39, 0.29) is 5.78 Å². The molecule has 1 saturated heterocycles. The number of ketones is 1. The van der Waals surface area contributed by atoms with Crippen molar-refractivity contribution >= 4 is 5.78 Å². The first-order chi connectivity index (χ1) is 10.6. The summed E-state index contributed by atoms with van der Waals surface area (Å²) in [5.74, 6) is 1.53. The third-order valence-corrected chi connectivity index (χ3v) is 4.55. The topological polar surface area (TPSA) is 50.8 Å². The minimum absolute atomic E-state index is 0.159. The molecule has 0 spiro atoms. The minimum Gasteiger partial charge on any atom is -0.497 e. The molecule has 0 aliphatic carbocycles. The van der Waals surface area contributed by atoms with Gasteiger partial charge >= 0.3 is 0 Å². The van der Waals surface area contributed by atoms with Gasteiger partial charge in [-0.15, -0.1) is 0 Å². The maximum atomic E-state index is 12.4. The third-order valence-electron chi connectivity index (χ3n) is 4.55. The second kappa shape index (κ2) is 6.26. The Hall–Kier alpha value is -1.59. The Morgan fingerprint density at radius 1 is 1.36 bits per heavy atom. The summed E-state index contributed by atoms with van der Waals surface area (Å²) in [6.07, 6.45) is 1.30. The number of nitrogens with one attached hydrogen (secondary N) is 1. The van der Waals surface area contributed by atoms with Gasteiger partial charge in [-0.25, -0.2) is 0 Å². The molecule has 1 atom stereocenters. The number of rotatable bonds is 4. The Kier molecular flexibility index (Phi) is 4.36. The van der Waals surface area contributed by atoms with Crippen LogP contribution >= 0.6 is 0 Å². The molecule has 0 amide bonds. The van der Waals surface area contributed by atoms with Crippen LogP contribution in [-0.2, 0) is 0 Å². The van der Waals surface area contributed by atoms with E-state index in [1.54, 1.807) is 13.2 Å². The van der Waals surface area contributed by atoms with Gasteiger partial charge < -0.3 is 19.7 Å². The van der Waals surface area contributed by atoms with E-state index in [1.165, 1.54) is 0 Å². The second-order valence-corrected chi connectivity index (χ2v) is 6.36. The van der Waals surface area contributed by atoms with Gasteiger partial charge in [0.1, 0.15) is 17.1 Å². The summed E-state index contributed by atoms with van der Waals surface area (Å²) in [7, 11) is 1.62. The molecule has 1 aromatic carbocycles. The average Bonchev–Trinajstić information content (AvgIpc) is 2.53. The molecule has 2 heterocycles. The van der Waals surface area contributed by atoms with Crippen molar-refractivity contribution in [2.75, 3.05) is 39.8 Å². The molecule has 1 aromatic rings. The number of benzene rings is 1. The fourth-order valence-electron chi connectivity index (χ4n) is 3.15. The summed E-state index contributed by atoms with van der Waals surface area (Å²) in [5, 5.41) is 3.35. The van der Waals surface area contributed by atoms with Gasteiger partial charge in [-0.2, -0.15) is 0 Å². The van der Waals surface area contributed by atoms with Crippen molar-refractivity contribution in [1.29, 1.82) is 0 Å². The van der Waals surface area contributed by atoms with Crippen LogP contribution in [0.3, 0.4) is 0 Å². The lowest BCUT2D eigenvalue weighted by molar-refractivity contribution is 0.0386. The van der Waals surface area contributed by atoms with Gasteiger partial charge in [0, 0.05) is 38.8 Å².